The Morgan fingerprint density at radius 1 is 0.893 bits per heavy atom. The summed E-state index contributed by atoms with van der Waals surface area (Å²) >= 11 is 0. The van der Waals surface area contributed by atoms with Gasteiger partial charge in [-0.3, -0.25) is 4.79 Å². The van der Waals surface area contributed by atoms with Crippen molar-refractivity contribution in [1.82, 2.24) is 0 Å². The number of benzene rings is 2. The highest BCUT2D eigenvalue weighted by molar-refractivity contribution is 6.02. The Kier molecular flexibility index (Phi) is 4.11. The van der Waals surface area contributed by atoms with Gasteiger partial charge in [0.05, 0.1) is 0 Å². The van der Waals surface area contributed by atoms with Crippen LogP contribution < -0.4 is 24.3 Å². The normalized spacial score (nSPS) is 18.6. The highest BCUT2D eigenvalue weighted by atomic mass is 16.7. The molecule has 1 aliphatic carbocycles. The van der Waals surface area contributed by atoms with Crippen molar-refractivity contribution in [3.8, 4) is 23.0 Å². The number of carbonyl (C=O) groups is 1. The number of amides is 1. The van der Waals surface area contributed by atoms with Crippen LogP contribution in [0.3, 0.4) is 0 Å². The minimum Gasteiger partial charge on any atom is -0.454 e. The summed E-state index contributed by atoms with van der Waals surface area (Å²) in [5.41, 5.74) is 1.54. The Hall–Kier alpha value is -3.15. The van der Waals surface area contributed by atoms with Crippen molar-refractivity contribution in [2.45, 2.75) is 37.9 Å². The lowest BCUT2D eigenvalue weighted by Crippen LogP contribution is -2.40. The molecule has 1 saturated carbocycles. The van der Waals surface area contributed by atoms with Gasteiger partial charge in [0.15, 0.2) is 23.0 Å². The van der Waals surface area contributed by atoms with Crippen LogP contribution in [0.4, 0.5) is 5.69 Å². The van der Waals surface area contributed by atoms with Gasteiger partial charge in [0.1, 0.15) is 0 Å². The molecule has 28 heavy (non-hydrogen) atoms. The van der Waals surface area contributed by atoms with Crippen molar-refractivity contribution in [1.29, 1.82) is 0 Å². The number of fused-ring (bicyclic) bond motifs is 2. The molecule has 2 heterocycles. The number of carbonyl (C=O) groups excluding carboxylic acids is 1. The van der Waals surface area contributed by atoms with E-state index in [9.17, 15) is 4.79 Å². The van der Waals surface area contributed by atoms with E-state index in [4.69, 9.17) is 18.9 Å². The number of rotatable bonds is 3. The molecule has 1 amide bonds. The van der Waals surface area contributed by atoms with Crippen LogP contribution in [0, 0.1) is 0 Å². The summed E-state index contributed by atoms with van der Waals surface area (Å²) in [5.74, 6) is 2.12. The second-order valence-corrected chi connectivity index (χ2v) is 7.27. The minimum atomic E-state index is -0.511. The fourth-order valence-electron chi connectivity index (χ4n) is 3.84. The zero-order valence-corrected chi connectivity index (χ0v) is 15.4. The Balaban J connectivity index is 1.24. The van der Waals surface area contributed by atoms with Crippen molar-refractivity contribution in [2.24, 2.45) is 0 Å². The standard InChI is InChI=1S/C22H21NO5/c24-21(9-5-15-4-7-17-19(12-15)26-14-25-17)23-16-6-8-18-20(13-16)28-22(27-18)10-2-1-3-11-22/h4-9,12-13H,1-3,10-11,14H2,(H,23,24). The minimum absolute atomic E-state index is 0.219. The van der Waals surface area contributed by atoms with Gasteiger partial charge in [0.2, 0.25) is 12.7 Å². The van der Waals surface area contributed by atoms with E-state index in [2.05, 4.69) is 5.32 Å². The first-order chi connectivity index (χ1) is 13.7. The van der Waals surface area contributed by atoms with Crippen LogP contribution in [0.25, 0.3) is 6.08 Å². The van der Waals surface area contributed by atoms with Gasteiger partial charge in [-0.15, -0.1) is 0 Å². The van der Waals surface area contributed by atoms with Gasteiger partial charge < -0.3 is 24.3 Å². The van der Waals surface area contributed by atoms with Gasteiger partial charge >= 0.3 is 0 Å². The van der Waals surface area contributed by atoms with Gasteiger partial charge in [0.25, 0.3) is 5.79 Å². The van der Waals surface area contributed by atoms with E-state index in [1.807, 2.05) is 36.4 Å². The molecule has 0 radical (unpaired) electrons. The zero-order chi connectivity index (χ0) is 19.0. The molecule has 6 nitrogen and oxygen atoms in total. The van der Waals surface area contributed by atoms with Crippen LogP contribution in [0.2, 0.25) is 0 Å². The Labute approximate surface area is 163 Å². The van der Waals surface area contributed by atoms with E-state index in [1.54, 1.807) is 6.08 Å². The fourth-order valence-corrected chi connectivity index (χ4v) is 3.84. The summed E-state index contributed by atoms with van der Waals surface area (Å²) in [6, 6.07) is 11.1. The van der Waals surface area contributed by atoms with Gasteiger partial charge in [-0.2, -0.15) is 0 Å². The number of hydrogen-bond donors (Lipinski definition) is 1. The van der Waals surface area contributed by atoms with Crippen LogP contribution in [0.1, 0.15) is 37.7 Å². The summed E-state index contributed by atoms with van der Waals surface area (Å²) < 4.78 is 22.8. The van der Waals surface area contributed by atoms with Gasteiger partial charge in [0, 0.05) is 30.7 Å². The second kappa shape index (κ2) is 6.78. The van der Waals surface area contributed by atoms with Crippen LogP contribution >= 0.6 is 0 Å². The van der Waals surface area contributed by atoms with Crippen molar-refractivity contribution in [3.63, 3.8) is 0 Å². The predicted octanol–water partition coefficient (Wildman–Crippen LogP) is 4.50. The molecular formula is C22H21NO5. The molecule has 0 unspecified atom stereocenters. The summed E-state index contributed by atoms with van der Waals surface area (Å²) in [6.45, 7) is 0.231. The molecule has 144 valence electrons. The third kappa shape index (κ3) is 3.26. The number of ether oxygens (including phenoxy) is 4. The molecule has 1 fully saturated rings. The molecule has 5 rings (SSSR count). The second-order valence-electron chi connectivity index (χ2n) is 7.27. The SMILES string of the molecule is O=C(C=Cc1ccc2c(c1)OCO2)Nc1ccc2c(c1)OC1(CCCCC1)O2. The van der Waals surface area contributed by atoms with Gasteiger partial charge in [-0.05, 0) is 48.7 Å². The summed E-state index contributed by atoms with van der Waals surface area (Å²) in [4.78, 5) is 12.3. The Morgan fingerprint density at radius 3 is 2.57 bits per heavy atom. The molecule has 1 N–H and O–H groups in total. The molecule has 0 atom stereocenters. The lowest BCUT2D eigenvalue weighted by Gasteiger charge is -2.31. The lowest BCUT2D eigenvalue weighted by molar-refractivity contribution is -0.111. The van der Waals surface area contributed by atoms with Crippen molar-refractivity contribution >= 4 is 17.7 Å². The average molecular weight is 379 g/mol. The van der Waals surface area contributed by atoms with E-state index in [1.165, 1.54) is 12.5 Å². The van der Waals surface area contributed by atoms with E-state index >= 15 is 0 Å². The Morgan fingerprint density at radius 2 is 1.68 bits per heavy atom. The van der Waals surface area contributed by atoms with Crippen LogP contribution in [0.15, 0.2) is 42.5 Å². The zero-order valence-electron chi connectivity index (χ0n) is 15.4. The first-order valence-electron chi connectivity index (χ1n) is 9.60. The monoisotopic (exact) mass is 379 g/mol. The summed E-state index contributed by atoms with van der Waals surface area (Å²) in [7, 11) is 0. The van der Waals surface area contributed by atoms with E-state index in [-0.39, 0.29) is 12.7 Å². The summed E-state index contributed by atoms with van der Waals surface area (Å²) in [5, 5.41) is 2.87. The molecule has 0 saturated heterocycles. The van der Waals surface area contributed by atoms with Crippen molar-refractivity contribution in [2.75, 3.05) is 12.1 Å². The molecule has 0 aromatic heterocycles. The fraction of sp³-hybridized carbons (Fsp3) is 0.318. The smallest absolute Gasteiger partial charge is 0.251 e. The van der Waals surface area contributed by atoms with Crippen molar-refractivity contribution < 1.29 is 23.7 Å². The first-order valence-corrected chi connectivity index (χ1v) is 9.60. The van der Waals surface area contributed by atoms with E-state index in [0.717, 1.165) is 42.7 Å². The number of anilines is 1. The molecule has 2 aromatic carbocycles. The van der Waals surface area contributed by atoms with Gasteiger partial charge in [-0.25, -0.2) is 0 Å². The topological polar surface area (TPSA) is 66.0 Å². The highest BCUT2D eigenvalue weighted by Gasteiger charge is 2.42. The van der Waals surface area contributed by atoms with E-state index in [0.29, 0.717) is 17.2 Å². The largest absolute Gasteiger partial charge is 0.454 e. The van der Waals surface area contributed by atoms with Gasteiger partial charge in [-0.1, -0.05) is 12.5 Å². The quantitative estimate of drug-likeness (QED) is 0.796. The molecule has 2 aromatic rings. The molecular weight excluding hydrogens is 358 g/mol. The first kappa shape index (κ1) is 17.0. The van der Waals surface area contributed by atoms with Crippen molar-refractivity contribution in [3.05, 3.63) is 48.0 Å². The van der Waals surface area contributed by atoms with E-state index < -0.39 is 5.79 Å². The van der Waals surface area contributed by atoms with Crippen LogP contribution in [-0.2, 0) is 4.79 Å². The maximum absolute atomic E-state index is 12.3. The Bertz CT molecular complexity index is 946. The maximum Gasteiger partial charge on any atom is 0.251 e. The summed E-state index contributed by atoms with van der Waals surface area (Å²) in [6.07, 6.45) is 8.49. The maximum atomic E-state index is 12.3. The molecule has 3 aliphatic rings. The number of hydrogen-bond acceptors (Lipinski definition) is 5. The molecule has 6 heteroatoms. The molecule has 1 spiro atoms. The molecule has 2 aliphatic heterocycles. The lowest BCUT2D eigenvalue weighted by atomic mass is 9.94. The van der Waals surface area contributed by atoms with Crippen LogP contribution in [-0.4, -0.2) is 18.5 Å². The third-order valence-electron chi connectivity index (χ3n) is 5.24. The third-order valence-corrected chi connectivity index (χ3v) is 5.24. The predicted molar refractivity (Wildman–Crippen MR) is 104 cm³/mol. The van der Waals surface area contributed by atoms with Crippen LogP contribution in [0.5, 0.6) is 23.0 Å². The molecule has 0 bridgehead atoms. The highest BCUT2D eigenvalue weighted by Crippen LogP contribution is 2.46. The number of nitrogens with one attached hydrogen (secondary N) is 1. The average Bonchev–Trinajstić information content (AvgIpc) is 3.30.